The van der Waals surface area contributed by atoms with Crippen LogP contribution in [0.3, 0.4) is 0 Å². The molecule has 1 aliphatic heterocycles. The maximum atomic E-state index is 5.76. The van der Waals surface area contributed by atoms with Gasteiger partial charge in [0.05, 0.1) is 24.7 Å². The molecule has 1 unspecified atom stereocenters. The highest BCUT2D eigenvalue weighted by molar-refractivity contribution is 5.48. The Bertz CT molecular complexity index is 367. The van der Waals surface area contributed by atoms with Crippen molar-refractivity contribution in [2.45, 2.75) is 13.0 Å². The number of methoxy groups -OCH3 is 1. The summed E-state index contributed by atoms with van der Waals surface area (Å²) in [6.07, 6.45) is 3.67. The van der Waals surface area contributed by atoms with Crippen LogP contribution < -0.4 is 15.0 Å². The maximum absolute atomic E-state index is 5.76. The zero-order valence-corrected chi connectivity index (χ0v) is 11.1. The Morgan fingerprint density at radius 1 is 1.39 bits per heavy atom. The highest BCUT2D eigenvalue weighted by Crippen LogP contribution is 2.20. The molecule has 2 heterocycles. The minimum Gasteiger partial charge on any atom is -0.487 e. The molecule has 18 heavy (non-hydrogen) atoms. The van der Waals surface area contributed by atoms with Gasteiger partial charge in [-0.05, 0) is 6.92 Å². The third-order valence-electron chi connectivity index (χ3n) is 2.92. The standard InChI is InChI=1S/C13H21N3O2/c1-11(10-17-2)18-13-7-12(8-15-9-13)16-5-3-14-4-6-16/h7-9,11,14H,3-6,10H2,1-2H3. The Morgan fingerprint density at radius 3 is 2.89 bits per heavy atom. The topological polar surface area (TPSA) is 46.6 Å². The number of nitrogens with one attached hydrogen (secondary N) is 1. The summed E-state index contributed by atoms with van der Waals surface area (Å²) < 4.78 is 10.8. The van der Waals surface area contributed by atoms with Crippen LogP contribution in [0.25, 0.3) is 0 Å². The number of piperazine rings is 1. The molecule has 1 fully saturated rings. The SMILES string of the molecule is COCC(C)Oc1cncc(N2CCNCC2)c1. The van der Waals surface area contributed by atoms with Gasteiger partial charge in [0.1, 0.15) is 11.9 Å². The van der Waals surface area contributed by atoms with Crippen molar-refractivity contribution in [3.63, 3.8) is 0 Å². The van der Waals surface area contributed by atoms with Crippen LogP contribution in [-0.4, -0.2) is 51.0 Å². The number of ether oxygens (including phenoxy) is 2. The second kappa shape index (κ2) is 6.56. The van der Waals surface area contributed by atoms with Crippen molar-refractivity contribution in [3.05, 3.63) is 18.5 Å². The summed E-state index contributed by atoms with van der Waals surface area (Å²) in [7, 11) is 1.68. The lowest BCUT2D eigenvalue weighted by Crippen LogP contribution is -2.43. The Kier molecular flexibility index (Phi) is 4.78. The third-order valence-corrected chi connectivity index (χ3v) is 2.92. The van der Waals surface area contributed by atoms with Gasteiger partial charge < -0.3 is 19.7 Å². The van der Waals surface area contributed by atoms with Crippen molar-refractivity contribution in [2.75, 3.05) is 44.8 Å². The van der Waals surface area contributed by atoms with E-state index < -0.39 is 0 Å². The van der Waals surface area contributed by atoms with Crippen LogP contribution in [0.1, 0.15) is 6.92 Å². The lowest BCUT2D eigenvalue weighted by Gasteiger charge is -2.29. The van der Waals surface area contributed by atoms with Crippen LogP contribution in [-0.2, 0) is 4.74 Å². The number of hydrogen-bond acceptors (Lipinski definition) is 5. The summed E-state index contributed by atoms with van der Waals surface area (Å²) in [4.78, 5) is 6.56. The smallest absolute Gasteiger partial charge is 0.140 e. The van der Waals surface area contributed by atoms with E-state index in [1.165, 1.54) is 0 Å². The molecule has 0 amide bonds. The van der Waals surface area contributed by atoms with E-state index in [1.807, 2.05) is 19.2 Å². The molecule has 0 aromatic carbocycles. The highest BCUT2D eigenvalue weighted by atomic mass is 16.5. The van der Waals surface area contributed by atoms with E-state index in [0.717, 1.165) is 37.6 Å². The Balaban J connectivity index is 2.00. The first kappa shape index (κ1) is 13.1. The first-order valence-corrected chi connectivity index (χ1v) is 6.36. The number of aromatic nitrogens is 1. The van der Waals surface area contributed by atoms with Crippen molar-refractivity contribution >= 4 is 5.69 Å². The molecule has 0 spiro atoms. The fraction of sp³-hybridized carbons (Fsp3) is 0.615. The lowest BCUT2D eigenvalue weighted by molar-refractivity contribution is 0.0918. The molecular formula is C13H21N3O2. The van der Waals surface area contributed by atoms with E-state index in [1.54, 1.807) is 13.3 Å². The molecule has 0 aliphatic carbocycles. The van der Waals surface area contributed by atoms with E-state index in [9.17, 15) is 0 Å². The van der Waals surface area contributed by atoms with Gasteiger partial charge >= 0.3 is 0 Å². The van der Waals surface area contributed by atoms with Gasteiger partial charge in [-0.15, -0.1) is 0 Å². The van der Waals surface area contributed by atoms with Crippen molar-refractivity contribution in [1.82, 2.24) is 10.3 Å². The van der Waals surface area contributed by atoms with E-state index in [-0.39, 0.29) is 6.10 Å². The second-order valence-electron chi connectivity index (χ2n) is 4.50. The molecule has 1 aromatic rings. The molecule has 5 heteroatoms. The van der Waals surface area contributed by atoms with Gasteiger partial charge in [0, 0.05) is 39.4 Å². The van der Waals surface area contributed by atoms with Gasteiger partial charge in [-0.1, -0.05) is 0 Å². The van der Waals surface area contributed by atoms with Crippen LogP contribution >= 0.6 is 0 Å². The van der Waals surface area contributed by atoms with E-state index in [0.29, 0.717) is 6.61 Å². The summed E-state index contributed by atoms with van der Waals surface area (Å²) >= 11 is 0. The van der Waals surface area contributed by atoms with Crippen LogP contribution in [0, 0.1) is 0 Å². The lowest BCUT2D eigenvalue weighted by atomic mass is 10.3. The summed E-state index contributed by atoms with van der Waals surface area (Å²) in [6.45, 7) is 6.63. The van der Waals surface area contributed by atoms with Crippen LogP contribution in [0.15, 0.2) is 18.5 Å². The largest absolute Gasteiger partial charge is 0.487 e. The van der Waals surface area contributed by atoms with Gasteiger partial charge in [0.25, 0.3) is 0 Å². The van der Waals surface area contributed by atoms with Crippen LogP contribution in [0.5, 0.6) is 5.75 Å². The average molecular weight is 251 g/mol. The number of hydrogen-bond donors (Lipinski definition) is 1. The average Bonchev–Trinajstić information content (AvgIpc) is 2.40. The quantitative estimate of drug-likeness (QED) is 0.842. The zero-order chi connectivity index (χ0) is 12.8. The molecular weight excluding hydrogens is 230 g/mol. The molecule has 1 atom stereocenters. The maximum Gasteiger partial charge on any atom is 0.140 e. The fourth-order valence-corrected chi connectivity index (χ4v) is 2.07. The number of pyridine rings is 1. The Hall–Kier alpha value is -1.33. The normalized spacial score (nSPS) is 17.6. The Morgan fingerprint density at radius 2 is 2.17 bits per heavy atom. The summed E-state index contributed by atoms with van der Waals surface area (Å²) in [5, 5.41) is 3.34. The number of nitrogens with zero attached hydrogens (tertiary/aromatic N) is 2. The first-order chi connectivity index (χ1) is 8.79. The van der Waals surface area contributed by atoms with Crippen LogP contribution in [0.4, 0.5) is 5.69 Å². The minimum atomic E-state index is 0.0371. The highest BCUT2D eigenvalue weighted by Gasteiger charge is 2.12. The van der Waals surface area contributed by atoms with Crippen molar-refractivity contribution in [2.24, 2.45) is 0 Å². The van der Waals surface area contributed by atoms with Gasteiger partial charge in [0.2, 0.25) is 0 Å². The molecule has 2 rings (SSSR count). The summed E-state index contributed by atoms with van der Waals surface area (Å²) in [6, 6.07) is 2.05. The first-order valence-electron chi connectivity index (χ1n) is 6.36. The van der Waals surface area contributed by atoms with Crippen LogP contribution in [0.2, 0.25) is 0 Å². The zero-order valence-electron chi connectivity index (χ0n) is 11.1. The number of anilines is 1. The van der Waals surface area contributed by atoms with Gasteiger partial charge in [-0.3, -0.25) is 4.98 Å². The van der Waals surface area contributed by atoms with E-state index in [4.69, 9.17) is 9.47 Å². The predicted octanol–water partition coefficient (Wildman–Crippen LogP) is 0.905. The molecule has 0 bridgehead atoms. The third kappa shape index (κ3) is 3.58. The summed E-state index contributed by atoms with van der Waals surface area (Å²) in [5.41, 5.74) is 1.12. The molecule has 100 valence electrons. The van der Waals surface area contributed by atoms with Gasteiger partial charge in [-0.2, -0.15) is 0 Å². The molecule has 1 N–H and O–H groups in total. The molecule has 1 aromatic heterocycles. The fourth-order valence-electron chi connectivity index (χ4n) is 2.07. The molecule has 1 aliphatic rings. The van der Waals surface area contributed by atoms with Crippen molar-refractivity contribution in [3.8, 4) is 5.75 Å². The predicted molar refractivity (Wildman–Crippen MR) is 71.3 cm³/mol. The second-order valence-corrected chi connectivity index (χ2v) is 4.50. The number of rotatable bonds is 5. The minimum absolute atomic E-state index is 0.0371. The van der Waals surface area contributed by atoms with E-state index >= 15 is 0 Å². The molecule has 0 saturated carbocycles. The molecule has 0 radical (unpaired) electrons. The van der Waals surface area contributed by atoms with Gasteiger partial charge in [0.15, 0.2) is 0 Å². The van der Waals surface area contributed by atoms with E-state index in [2.05, 4.69) is 15.2 Å². The van der Waals surface area contributed by atoms with Crippen molar-refractivity contribution < 1.29 is 9.47 Å². The van der Waals surface area contributed by atoms with Crippen molar-refractivity contribution in [1.29, 1.82) is 0 Å². The molecule has 5 nitrogen and oxygen atoms in total. The Labute approximate surface area is 108 Å². The van der Waals surface area contributed by atoms with Gasteiger partial charge in [-0.25, -0.2) is 0 Å². The monoisotopic (exact) mass is 251 g/mol. The summed E-state index contributed by atoms with van der Waals surface area (Å²) in [5.74, 6) is 0.801. The molecule has 1 saturated heterocycles.